The smallest absolute Gasteiger partial charge is 0.171 e. The van der Waals surface area contributed by atoms with Gasteiger partial charge in [-0.1, -0.05) is 30.3 Å². The number of nitrogens with one attached hydrogen (secondary N) is 1. The molecule has 23 heavy (non-hydrogen) atoms. The lowest BCUT2D eigenvalue weighted by Gasteiger charge is -2.34. The standard InChI is InChI=1S/C17H19N5O/c1-2-22(16-12-19-8-9-23-16)17-14(11-18)10-15(20-21-17)13-6-4-3-5-7-13/h3-7,10,16,19H,2,8-9,12H2,1H3. The number of likely N-dealkylation sites (N-methyl/N-ethyl adjacent to an activating group) is 1. The molecule has 1 N–H and O–H groups in total. The molecule has 0 amide bonds. The molecule has 0 radical (unpaired) electrons. The van der Waals surface area contributed by atoms with Crippen molar-refractivity contribution in [2.24, 2.45) is 0 Å². The Morgan fingerprint density at radius 3 is 2.83 bits per heavy atom. The Hall–Kier alpha value is -2.49. The Labute approximate surface area is 135 Å². The fourth-order valence-corrected chi connectivity index (χ4v) is 2.67. The molecule has 2 aromatic rings. The summed E-state index contributed by atoms with van der Waals surface area (Å²) in [5.74, 6) is 0.573. The zero-order chi connectivity index (χ0) is 16.1. The average Bonchev–Trinajstić information content (AvgIpc) is 2.64. The van der Waals surface area contributed by atoms with Gasteiger partial charge < -0.3 is 15.0 Å². The number of rotatable bonds is 4. The largest absolute Gasteiger partial charge is 0.356 e. The van der Waals surface area contributed by atoms with E-state index < -0.39 is 0 Å². The molecule has 1 aliphatic heterocycles. The number of hydrogen-bond acceptors (Lipinski definition) is 6. The van der Waals surface area contributed by atoms with Gasteiger partial charge >= 0.3 is 0 Å². The SMILES string of the molecule is CCN(c1nnc(-c2ccccc2)cc1C#N)C1CNCCO1. The summed E-state index contributed by atoms with van der Waals surface area (Å²) in [5, 5.41) is 21.4. The lowest BCUT2D eigenvalue weighted by molar-refractivity contribution is 0.0267. The van der Waals surface area contributed by atoms with Gasteiger partial charge in [0.15, 0.2) is 5.82 Å². The summed E-state index contributed by atoms with van der Waals surface area (Å²) in [4.78, 5) is 1.98. The monoisotopic (exact) mass is 309 g/mol. The number of anilines is 1. The fourth-order valence-electron chi connectivity index (χ4n) is 2.67. The molecule has 1 saturated heterocycles. The molecule has 0 bridgehead atoms. The topological polar surface area (TPSA) is 74.1 Å². The molecule has 2 heterocycles. The van der Waals surface area contributed by atoms with E-state index in [-0.39, 0.29) is 6.23 Å². The molecule has 1 atom stereocenters. The molecular formula is C17H19N5O. The second kappa shape index (κ2) is 7.18. The Kier molecular flexibility index (Phi) is 4.81. The van der Waals surface area contributed by atoms with Crippen molar-refractivity contribution >= 4 is 5.82 Å². The Morgan fingerprint density at radius 1 is 1.35 bits per heavy atom. The minimum Gasteiger partial charge on any atom is -0.356 e. The molecule has 1 fully saturated rings. The molecule has 0 saturated carbocycles. The highest BCUT2D eigenvalue weighted by Gasteiger charge is 2.24. The van der Waals surface area contributed by atoms with Crippen LogP contribution >= 0.6 is 0 Å². The van der Waals surface area contributed by atoms with Crippen LogP contribution in [0.4, 0.5) is 5.82 Å². The summed E-state index contributed by atoms with van der Waals surface area (Å²) in [7, 11) is 0. The van der Waals surface area contributed by atoms with Crippen LogP contribution in [0.5, 0.6) is 0 Å². The van der Waals surface area contributed by atoms with Gasteiger partial charge in [-0.25, -0.2) is 0 Å². The molecule has 6 nitrogen and oxygen atoms in total. The normalized spacial score (nSPS) is 17.5. The minimum absolute atomic E-state index is 0.127. The number of nitriles is 1. The maximum atomic E-state index is 9.53. The van der Waals surface area contributed by atoms with E-state index in [0.29, 0.717) is 36.8 Å². The quantitative estimate of drug-likeness (QED) is 0.928. The van der Waals surface area contributed by atoms with Crippen molar-refractivity contribution in [3.63, 3.8) is 0 Å². The number of morpholine rings is 1. The maximum absolute atomic E-state index is 9.53. The van der Waals surface area contributed by atoms with Crippen molar-refractivity contribution in [3.05, 3.63) is 42.0 Å². The van der Waals surface area contributed by atoms with E-state index in [2.05, 4.69) is 21.6 Å². The van der Waals surface area contributed by atoms with Crippen LogP contribution in [0.15, 0.2) is 36.4 Å². The third-order valence-corrected chi connectivity index (χ3v) is 3.83. The van der Waals surface area contributed by atoms with Crippen LogP contribution in [0.3, 0.4) is 0 Å². The van der Waals surface area contributed by atoms with Gasteiger partial charge in [0, 0.05) is 25.2 Å². The molecule has 0 spiro atoms. The van der Waals surface area contributed by atoms with Gasteiger partial charge in [0.25, 0.3) is 0 Å². The average molecular weight is 309 g/mol. The van der Waals surface area contributed by atoms with Gasteiger partial charge in [-0.15, -0.1) is 10.2 Å². The zero-order valence-corrected chi connectivity index (χ0v) is 13.1. The Balaban J connectivity index is 1.94. The van der Waals surface area contributed by atoms with Crippen molar-refractivity contribution in [1.29, 1.82) is 5.26 Å². The number of benzene rings is 1. The van der Waals surface area contributed by atoms with E-state index in [0.717, 1.165) is 12.1 Å². The van der Waals surface area contributed by atoms with Crippen LogP contribution in [-0.4, -0.2) is 42.7 Å². The first-order valence-corrected chi connectivity index (χ1v) is 7.75. The van der Waals surface area contributed by atoms with Gasteiger partial charge in [-0.3, -0.25) is 0 Å². The van der Waals surface area contributed by atoms with Crippen LogP contribution in [0, 0.1) is 11.3 Å². The molecule has 1 aromatic carbocycles. The summed E-state index contributed by atoms with van der Waals surface area (Å²) >= 11 is 0. The lowest BCUT2D eigenvalue weighted by atomic mass is 10.1. The van der Waals surface area contributed by atoms with Gasteiger partial charge in [-0.05, 0) is 13.0 Å². The van der Waals surface area contributed by atoms with Gasteiger partial charge in [0.05, 0.1) is 17.9 Å². The molecule has 3 rings (SSSR count). The summed E-state index contributed by atoms with van der Waals surface area (Å²) < 4.78 is 5.79. The number of aromatic nitrogens is 2. The third kappa shape index (κ3) is 3.31. The Morgan fingerprint density at radius 2 is 2.17 bits per heavy atom. The molecule has 1 unspecified atom stereocenters. The predicted molar refractivity (Wildman–Crippen MR) is 87.8 cm³/mol. The first-order valence-electron chi connectivity index (χ1n) is 7.75. The van der Waals surface area contributed by atoms with Gasteiger partial charge in [0.1, 0.15) is 12.3 Å². The van der Waals surface area contributed by atoms with Crippen LogP contribution < -0.4 is 10.2 Å². The van der Waals surface area contributed by atoms with Crippen molar-refractivity contribution in [1.82, 2.24) is 15.5 Å². The number of ether oxygens (including phenoxy) is 1. The molecular weight excluding hydrogens is 290 g/mol. The molecule has 118 valence electrons. The fraction of sp³-hybridized carbons (Fsp3) is 0.353. The van der Waals surface area contributed by atoms with E-state index in [4.69, 9.17) is 4.74 Å². The number of nitrogens with zero attached hydrogens (tertiary/aromatic N) is 4. The van der Waals surface area contributed by atoms with Crippen molar-refractivity contribution in [2.45, 2.75) is 13.2 Å². The number of hydrogen-bond donors (Lipinski definition) is 1. The van der Waals surface area contributed by atoms with E-state index in [1.807, 2.05) is 42.2 Å². The highest BCUT2D eigenvalue weighted by Crippen LogP contribution is 2.24. The minimum atomic E-state index is -0.127. The van der Waals surface area contributed by atoms with E-state index in [1.165, 1.54) is 0 Å². The lowest BCUT2D eigenvalue weighted by Crippen LogP contribution is -2.50. The Bertz CT molecular complexity index is 692. The second-order valence-corrected chi connectivity index (χ2v) is 5.26. The maximum Gasteiger partial charge on any atom is 0.171 e. The first kappa shape index (κ1) is 15.4. The van der Waals surface area contributed by atoms with Crippen molar-refractivity contribution < 1.29 is 4.74 Å². The third-order valence-electron chi connectivity index (χ3n) is 3.83. The second-order valence-electron chi connectivity index (χ2n) is 5.26. The summed E-state index contributed by atoms with van der Waals surface area (Å²) in [6, 6.07) is 13.8. The molecule has 1 aliphatic rings. The molecule has 6 heteroatoms. The van der Waals surface area contributed by atoms with Gasteiger partial charge in [0.2, 0.25) is 0 Å². The van der Waals surface area contributed by atoms with Gasteiger partial charge in [-0.2, -0.15) is 5.26 Å². The van der Waals surface area contributed by atoms with E-state index in [1.54, 1.807) is 6.07 Å². The van der Waals surface area contributed by atoms with Crippen LogP contribution in [0.2, 0.25) is 0 Å². The predicted octanol–water partition coefficient (Wildman–Crippen LogP) is 1.79. The van der Waals surface area contributed by atoms with Crippen molar-refractivity contribution in [3.8, 4) is 17.3 Å². The summed E-state index contributed by atoms with van der Waals surface area (Å²) in [5.41, 5.74) is 2.15. The summed E-state index contributed by atoms with van der Waals surface area (Å²) in [6.07, 6.45) is -0.127. The van der Waals surface area contributed by atoms with E-state index >= 15 is 0 Å². The van der Waals surface area contributed by atoms with Crippen molar-refractivity contribution in [2.75, 3.05) is 31.1 Å². The summed E-state index contributed by atoms with van der Waals surface area (Å²) in [6.45, 7) is 4.92. The molecule has 1 aromatic heterocycles. The molecule has 0 aliphatic carbocycles. The van der Waals surface area contributed by atoms with Crippen LogP contribution in [0.25, 0.3) is 11.3 Å². The highest BCUT2D eigenvalue weighted by atomic mass is 16.5. The van der Waals surface area contributed by atoms with Crippen LogP contribution in [-0.2, 0) is 4.74 Å². The first-order chi connectivity index (χ1) is 11.3. The van der Waals surface area contributed by atoms with E-state index in [9.17, 15) is 5.26 Å². The zero-order valence-electron chi connectivity index (χ0n) is 13.1. The van der Waals surface area contributed by atoms with Crippen LogP contribution in [0.1, 0.15) is 12.5 Å². The highest BCUT2D eigenvalue weighted by molar-refractivity contribution is 5.64.